The number of nitro benzene ring substituents is 1. The van der Waals surface area contributed by atoms with Crippen LogP contribution in [0.5, 0.6) is 5.75 Å². The fourth-order valence-electron chi connectivity index (χ4n) is 2.02. The second kappa shape index (κ2) is 8.80. The smallest absolute Gasteiger partial charge is 0.269 e. The molecule has 0 radical (unpaired) electrons. The molecule has 0 aliphatic carbocycles. The summed E-state index contributed by atoms with van der Waals surface area (Å²) in [7, 11) is 0. The first-order chi connectivity index (χ1) is 12.5. The van der Waals surface area contributed by atoms with E-state index in [-0.39, 0.29) is 23.6 Å². The number of amides is 1. The lowest BCUT2D eigenvalue weighted by molar-refractivity contribution is -0.384. The van der Waals surface area contributed by atoms with Gasteiger partial charge in [0.2, 0.25) is 0 Å². The molecule has 0 unspecified atom stereocenters. The van der Waals surface area contributed by atoms with Crippen molar-refractivity contribution >= 4 is 17.7 Å². The first-order valence-corrected chi connectivity index (χ1v) is 7.58. The van der Waals surface area contributed by atoms with Crippen LogP contribution >= 0.6 is 0 Å². The number of benzene rings is 2. The lowest BCUT2D eigenvalue weighted by atomic mass is 10.1. The van der Waals surface area contributed by atoms with Gasteiger partial charge in [-0.05, 0) is 41.5 Å². The van der Waals surface area contributed by atoms with E-state index < -0.39 is 10.8 Å². The number of hydrogen-bond acceptors (Lipinski definition) is 5. The van der Waals surface area contributed by atoms with Crippen molar-refractivity contribution in [1.29, 1.82) is 5.26 Å². The molecule has 0 spiro atoms. The van der Waals surface area contributed by atoms with E-state index in [4.69, 9.17) is 5.26 Å². The Balaban J connectivity index is 1.97. The lowest BCUT2D eigenvalue weighted by Gasteiger charge is -2.04. The van der Waals surface area contributed by atoms with Gasteiger partial charge in [0, 0.05) is 18.7 Å². The topological polar surface area (TPSA) is 116 Å². The molecule has 0 aliphatic heterocycles. The summed E-state index contributed by atoms with van der Waals surface area (Å²) >= 11 is 0. The minimum atomic E-state index is -0.520. The number of nitriles is 1. The quantitative estimate of drug-likeness (QED) is 0.273. The molecule has 2 aromatic rings. The van der Waals surface area contributed by atoms with Crippen LogP contribution < -0.4 is 5.32 Å². The summed E-state index contributed by atoms with van der Waals surface area (Å²) in [4.78, 5) is 22.1. The maximum Gasteiger partial charge on any atom is 0.269 e. The van der Waals surface area contributed by atoms with Crippen molar-refractivity contribution in [3.05, 3.63) is 87.5 Å². The van der Waals surface area contributed by atoms with Gasteiger partial charge in [0.15, 0.2) is 0 Å². The Morgan fingerprint density at radius 2 is 1.85 bits per heavy atom. The lowest BCUT2D eigenvalue weighted by Crippen LogP contribution is -2.23. The third kappa shape index (κ3) is 5.32. The zero-order valence-corrected chi connectivity index (χ0v) is 13.6. The summed E-state index contributed by atoms with van der Waals surface area (Å²) in [5, 5.41) is 31.5. The largest absolute Gasteiger partial charge is 0.508 e. The van der Waals surface area contributed by atoms with Crippen LogP contribution in [0.4, 0.5) is 5.69 Å². The molecule has 0 heterocycles. The van der Waals surface area contributed by atoms with Gasteiger partial charge >= 0.3 is 0 Å². The van der Waals surface area contributed by atoms with Gasteiger partial charge in [-0.1, -0.05) is 24.3 Å². The molecule has 0 atom stereocenters. The molecular weight excluding hydrogens is 334 g/mol. The normalized spacial score (nSPS) is 11.1. The monoisotopic (exact) mass is 349 g/mol. The maximum atomic E-state index is 12.0. The number of allylic oxidation sites excluding steroid dienone is 2. The van der Waals surface area contributed by atoms with E-state index in [1.54, 1.807) is 30.3 Å². The number of non-ortho nitro benzene ring substituents is 1. The number of carbonyl (C=O) groups is 1. The van der Waals surface area contributed by atoms with Crippen molar-refractivity contribution in [2.45, 2.75) is 6.54 Å². The Hall–Kier alpha value is -3.92. The van der Waals surface area contributed by atoms with Crippen molar-refractivity contribution < 1.29 is 14.8 Å². The van der Waals surface area contributed by atoms with Crippen LogP contribution in [0.3, 0.4) is 0 Å². The summed E-state index contributed by atoms with van der Waals surface area (Å²) in [6.07, 6.45) is 4.53. The Morgan fingerprint density at radius 3 is 2.42 bits per heavy atom. The maximum absolute atomic E-state index is 12.0. The summed E-state index contributed by atoms with van der Waals surface area (Å²) in [6, 6.07) is 14.1. The van der Waals surface area contributed by atoms with E-state index >= 15 is 0 Å². The number of nitro groups is 1. The highest BCUT2D eigenvalue weighted by Crippen LogP contribution is 2.13. The molecule has 0 saturated heterocycles. The number of nitrogens with zero attached hydrogens (tertiary/aromatic N) is 2. The average molecular weight is 349 g/mol. The van der Waals surface area contributed by atoms with Crippen molar-refractivity contribution in [3.8, 4) is 11.8 Å². The van der Waals surface area contributed by atoms with Gasteiger partial charge in [0.25, 0.3) is 11.6 Å². The van der Waals surface area contributed by atoms with Crippen molar-refractivity contribution in [2.75, 3.05) is 0 Å². The van der Waals surface area contributed by atoms with Crippen LogP contribution in [-0.2, 0) is 11.3 Å². The van der Waals surface area contributed by atoms with Gasteiger partial charge < -0.3 is 10.4 Å². The highest BCUT2D eigenvalue weighted by atomic mass is 16.6. The first-order valence-electron chi connectivity index (χ1n) is 7.58. The van der Waals surface area contributed by atoms with Crippen LogP contribution in [0.15, 0.2) is 66.3 Å². The van der Waals surface area contributed by atoms with E-state index in [0.717, 1.165) is 5.56 Å². The second-order valence-corrected chi connectivity index (χ2v) is 5.25. The molecule has 0 bridgehead atoms. The molecule has 0 saturated carbocycles. The van der Waals surface area contributed by atoms with E-state index in [9.17, 15) is 20.0 Å². The minimum Gasteiger partial charge on any atom is -0.508 e. The minimum absolute atomic E-state index is 0.0102. The zero-order valence-electron chi connectivity index (χ0n) is 13.6. The average Bonchev–Trinajstić information content (AvgIpc) is 2.65. The molecule has 0 fully saturated rings. The highest BCUT2D eigenvalue weighted by molar-refractivity contribution is 5.97. The molecule has 1 amide bonds. The molecule has 0 aliphatic rings. The molecule has 26 heavy (non-hydrogen) atoms. The van der Waals surface area contributed by atoms with Crippen molar-refractivity contribution in [1.82, 2.24) is 5.32 Å². The highest BCUT2D eigenvalue weighted by Gasteiger charge is 2.07. The Labute approximate surface area is 149 Å². The molecule has 2 rings (SSSR count). The van der Waals surface area contributed by atoms with Crippen molar-refractivity contribution in [2.24, 2.45) is 0 Å². The summed E-state index contributed by atoms with van der Waals surface area (Å²) in [6.45, 7) is 0.226. The Morgan fingerprint density at radius 1 is 1.19 bits per heavy atom. The van der Waals surface area contributed by atoms with Crippen LogP contribution in [0.25, 0.3) is 6.08 Å². The summed E-state index contributed by atoms with van der Waals surface area (Å²) in [5.74, 6) is -0.386. The molecule has 0 aromatic heterocycles. The first kappa shape index (κ1) is 18.4. The van der Waals surface area contributed by atoms with Crippen LogP contribution in [0.2, 0.25) is 0 Å². The van der Waals surface area contributed by atoms with Gasteiger partial charge in [0.05, 0.1) is 4.92 Å². The third-order valence-electron chi connectivity index (χ3n) is 3.41. The van der Waals surface area contributed by atoms with Gasteiger partial charge in [-0.15, -0.1) is 0 Å². The molecule has 2 N–H and O–H groups in total. The van der Waals surface area contributed by atoms with Crippen LogP contribution in [0.1, 0.15) is 11.1 Å². The van der Waals surface area contributed by atoms with Crippen molar-refractivity contribution in [3.63, 3.8) is 0 Å². The molecule has 7 heteroatoms. The van der Waals surface area contributed by atoms with E-state index in [1.165, 1.54) is 36.4 Å². The number of rotatable bonds is 6. The fraction of sp³-hybridized carbons (Fsp3) is 0.0526. The standard InChI is InChI=1S/C19H15N3O4/c20-12-16(19(24)21-13-15-6-10-18(23)11-7-15)3-1-2-14-4-8-17(9-5-14)22(25)26/h1-11,23H,13H2,(H,21,24)/b2-1+,16-3+. The van der Waals surface area contributed by atoms with Gasteiger partial charge in [0.1, 0.15) is 17.4 Å². The third-order valence-corrected chi connectivity index (χ3v) is 3.41. The second-order valence-electron chi connectivity index (χ2n) is 5.25. The number of phenolic OH excluding ortho intramolecular Hbond substituents is 1. The van der Waals surface area contributed by atoms with Gasteiger partial charge in [-0.2, -0.15) is 5.26 Å². The van der Waals surface area contributed by atoms with Gasteiger partial charge in [-0.25, -0.2) is 0 Å². The Kier molecular flexibility index (Phi) is 6.23. The zero-order chi connectivity index (χ0) is 18.9. The predicted molar refractivity (Wildman–Crippen MR) is 95.8 cm³/mol. The number of carbonyl (C=O) groups excluding carboxylic acids is 1. The van der Waals surface area contributed by atoms with Crippen LogP contribution in [-0.4, -0.2) is 15.9 Å². The van der Waals surface area contributed by atoms with Crippen LogP contribution in [0, 0.1) is 21.4 Å². The van der Waals surface area contributed by atoms with E-state index in [0.29, 0.717) is 5.56 Å². The SMILES string of the molecule is N#C/C(=C\C=C\c1ccc([N+](=O)[O-])cc1)C(=O)NCc1ccc(O)cc1. The molecular formula is C19H15N3O4. The Bertz CT molecular complexity index is 892. The summed E-state index contributed by atoms with van der Waals surface area (Å²) in [5.41, 5.74) is 1.41. The van der Waals surface area contributed by atoms with E-state index in [1.807, 2.05) is 6.07 Å². The number of phenols is 1. The number of hydrogen-bond donors (Lipinski definition) is 2. The summed E-state index contributed by atoms with van der Waals surface area (Å²) < 4.78 is 0. The predicted octanol–water partition coefficient (Wildman–Crippen LogP) is 3.08. The number of aromatic hydroxyl groups is 1. The molecule has 2 aromatic carbocycles. The van der Waals surface area contributed by atoms with E-state index in [2.05, 4.69) is 5.32 Å². The van der Waals surface area contributed by atoms with Gasteiger partial charge in [-0.3, -0.25) is 14.9 Å². The number of nitrogens with one attached hydrogen (secondary N) is 1. The fourth-order valence-corrected chi connectivity index (χ4v) is 2.02. The molecule has 7 nitrogen and oxygen atoms in total. The molecule has 130 valence electrons.